The average molecular weight is 328 g/mol. The van der Waals surface area contributed by atoms with Gasteiger partial charge >= 0.3 is 0 Å². The van der Waals surface area contributed by atoms with Crippen LogP contribution in [0.3, 0.4) is 0 Å². The van der Waals surface area contributed by atoms with Crippen molar-refractivity contribution in [2.45, 2.75) is 0 Å². The van der Waals surface area contributed by atoms with E-state index in [0.717, 1.165) is 16.1 Å². The predicted molar refractivity (Wildman–Crippen MR) is 104 cm³/mol. The van der Waals surface area contributed by atoms with E-state index in [9.17, 15) is 0 Å². The van der Waals surface area contributed by atoms with Gasteiger partial charge in [0.25, 0.3) is 0 Å². The van der Waals surface area contributed by atoms with Gasteiger partial charge in [-0.2, -0.15) is 0 Å². The smallest absolute Gasteiger partial charge is 0.0486 e. The molecular weight excluding hydrogens is 314 g/mol. The second-order valence-electron chi connectivity index (χ2n) is 6.11. The van der Waals surface area contributed by atoms with Gasteiger partial charge in [-0.15, -0.1) is 0 Å². The van der Waals surface area contributed by atoms with Crippen LogP contribution >= 0.6 is 11.6 Å². The van der Waals surface area contributed by atoms with E-state index in [1.165, 1.54) is 32.7 Å². The van der Waals surface area contributed by atoms with Gasteiger partial charge in [0.1, 0.15) is 0 Å². The molecule has 1 N–H and O–H groups in total. The zero-order valence-electron chi connectivity index (χ0n) is 12.9. The number of H-pyrrole nitrogens is 1. The van der Waals surface area contributed by atoms with Crippen LogP contribution in [0.4, 0.5) is 0 Å². The zero-order valence-corrected chi connectivity index (χ0v) is 13.6. The second kappa shape index (κ2) is 5.12. The first-order chi connectivity index (χ1) is 11.8. The van der Waals surface area contributed by atoms with E-state index >= 15 is 0 Å². The summed E-state index contributed by atoms with van der Waals surface area (Å²) in [5.41, 5.74) is 4.57. The highest BCUT2D eigenvalue weighted by atomic mass is 35.5. The maximum absolute atomic E-state index is 6.40. The number of rotatable bonds is 1. The highest BCUT2D eigenvalue weighted by Gasteiger charge is 2.12. The Hall–Kier alpha value is -2.77. The third-order valence-electron chi connectivity index (χ3n) is 4.63. The van der Waals surface area contributed by atoms with Gasteiger partial charge in [-0.25, -0.2) is 0 Å². The molecule has 114 valence electrons. The lowest BCUT2D eigenvalue weighted by Gasteiger charge is -2.08. The minimum atomic E-state index is 0.747. The van der Waals surface area contributed by atoms with Gasteiger partial charge in [0.05, 0.1) is 0 Å². The van der Waals surface area contributed by atoms with Gasteiger partial charge < -0.3 is 4.98 Å². The number of nitrogens with one attached hydrogen (secondary N) is 1. The fraction of sp³-hybridized carbons (Fsp3) is 0. The Morgan fingerprint density at radius 2 is 1.46 bits per heavy atom. The first kappa shape index (κ1) is 13.6. The van der Waals surface area contributed by atoms with Crippen molar-refractivity contribution in [3.05, 3.63) is 83.9 Å². The lowest BCUT2D eigenvalue weighted by atomic mass is 9.97. The quantitative estimate of drug-likeness (QED) is 0.348. The summed E-state index contributed by atoms with van der Waals surface area (Å²) < 4.78 is 0. The van der Waals surface area contributed by atoms with E-state index in [4.69, 9.17) is 11.6 Å². The fourth-order valence-corrected chi connectivity index (χ4v) is 3.75. The van der Waals surface area contributed by atoms with E-state index in [1.807, 2.05) is 6.07 Å². The molecule has 2 heteroatoms. The zero-order chi connectivity index (χ0) is 16.1. The molecule has 0 amide bonds. The lowest BCUT2D eigenvalue weighted by molar-refractivity contribution is 1.54. The summed E-state index contributed by atoms with van der Waals surface area (Å²) >= 11 is 6.40. The van der Waals surface area contributed by atoms with Gasteiger partial charge in [0, 0.05) is 26.8 Å². The Labute approximate surface area is 144 Å². The Morgan fingerprint density at radius 3 is 2.38 bits per heavy atom. The van der Waals surface area contributed by atoms with Crippen LogP contribution in [0.25, 0.3) is 43.7 Å². The molecule has 0 aliphatic heterocycles. The van der Waals surface area contributed by atoms with Crippen molar-refractivity contribution in [1.82, 2.24) is 4.98 Å². The maximum atomic E-state index is 6.40. The molecule has 0 unspecified atom stereocenters. The summed E-state index contributed by atoms with van der Waals surface area (Å²) in [5, 5.41) is 5.69. The van der Waals surface area contributed by atoms with Crippen molar-refractivity contribution in [3.63, 3.8) is 0 Å². The van der Waals surface area contributed by atoms with E-state index in [1.54, 1.807) is 0 Å². The Kier molecular flexibility index (Phi) is 2.91. The summed E-state index contributed by atoms with van der Waals surface area (Å²) in [6.07, 6.45) is 0. The first-order valence-electron chi connectivity index (χ1n) is 7.99. The van der Waals surface area contributed by atoms with Crippen LogP contribution in [0.5, 0.6) is 0 Å². The number of benzene rings is 4. The van der Waals surface area contributed by atoms with Gasteiger partial charge in [-0.1, -0.05) is 66.2 Å². The monoisotopic (exact) mass is 327 g/mol. The van der Waals surface area contributed by atoms with E-state index < -0.39 is 0 Å². The Balaban J connectivity index is 1.90. The third-order valence-corrected chi connectivity index (χ3v) is 4.85. The van der Waals surface area contributed by atoms with Crippen molar-refractivity contribution in [1.29, 1.82) is 0 Å². The first-order valence-corrected chi connectivity index (χ1v) is 8.36. The minimum absolute atomic E-state index is 0.747. The molecule has 4 aromatic carbocycles. The van der Waals surface area contributed by atoms with Crippen molar-refractivity contribution in [2.75, 3.05) is 0 Å². The minimum Gasteiger partial charge on any atom is -0.354 e. The largest absolute Gasteiger partial charge is 0.354 e. The maximum Gasteiger partial charge on any atom is 0.0486 e. The SMILES string of the molecule is Clc1cc(-c2ccc3ccccc3c2)c2c(c1)[nH]c1ccccc12. The highest BCUT2D eigenvalue weighted by molar-refractivity contribution is 6.32. The standard InChI is InChI=1S/C22H14ClN/c23-17-12-19(16-10-9-14-5-1-2-6-15(14)11-16)22-18-7-3-4-8-20(18)24-21(22)13-17/h1-13,24H. The third kappa shape index (κ3) is 2.02. The summed E-state index contributed by atoms with van der Waals surface area (Å²) in [6, 6.07) is 27.5. The average Bonchev–Trinajstić information content (AvgIpc) is 2.98. The molecule has 0 fully saturated rings. The number of aromatic nitrogens is 1. The molecule has 1 aromatic heterocycles. The van der Waals surface area contributed by atoms with Crippen LogP contribution < -0.4 is 0 Å². The molecule has 0 spiro atoms. The van der Waals surface area contributed by atoms with Crippen LogP contribution in [0, 0.1) is 0 Å². The molecule has 0 bridgehead atoms. The topological polar surface area (TPSA) is 15.8 Å². The molecule has 0 saturated carbocycles. The number of para-hydroxylation sites is 1. The van der Waals surface area contributed by atoms with Crippen molar-refractivity contribution < 1.29 is 0 Å². The molecule has 5 aromatic rings. The molecule has 1 nitrogen and oxygen atoms in total. The number of hydrogen-bond donors (Lipinski definition) is 1. The summed E-state index contributed by atoms with van der Waals surface area (Å²) in [4.78, 5) is 3.48. The van der Waals surface area contributed by atoms with Gasteiger partial charge in [0.15, 0.2) is 0 Å². The lowest BCUT2D eigenvalue weighted by Crippen LogP contribution is -1.82. The van der Waals surface area contributed by atoms with E-state index in [-0.39, 0.29) is 0 Å². The normalized spacial score (nSPS) is 11.5. The predicted octanol–water partition coefficient (Wildman–Crippen LogP) is 6.79. The van der Waals surface area contributed by atoms with E-state index in [2.05, 4.69) is 77.8 Å². The Bertz CT molecular complexity index is 1220. The van der Waals surface area contributed by atoms with Gasteiger partial charge in [0.2, 0.25) is 0 Å². The fourth-order valence-electron chi connectivity index (χ4n) is 3.54. The molecule has 0 saturated heterocycles. The molecule has 0 radical (unpaired) electrons. The summed E-state index contributed by atoms with van der Waals surface area (Å²) in [6.45, 7) is 0. The van der Waals surface area contributed by atoms with Crippen molar-refractivity contribution >= 4 is 44.2 Å². The van der Waals surface area contributed by atoms with Gasteiger partial charge in [-0.3, -0.25) is 0 Å². The summed E-state index contributed by atoms with van der Waals surface area (Å²) in [5.74, 6) is 0. The molecule has 0 aliphatic rings. The van der Waals surface area contributed by atoms with Crippen molar-refractivity contribution in [2.24, 2.45) is 0 Å². The highest BCUT2D eigenvalue weighted by Crippen LogP contribution is 2.37. The van der Waals surface area contributed by atoms with Crippen LogP contribution in [0.15, 0.2) is 78.9 Å². The Morgan fingerprint density at radius 1 is 0.667 bits per heavy atom. The van der Waals surface area contributed by atoms with Gasteiger partial charge in [-0.05, 0) is 46.2 Å². The van der Waals surface area contributed by atoms with Crippen LogP contribution in [-0.2, 0) is 0 Å². The molecular formula is C22H14ClN. The molecule has 24 heavy (non-hydrogen) atoms. The molecule has 1 heterocycles. The summed E-state index contributed by atoms with van der Waals surface area (Å²) in [7, 11) is 0. The van der Waals surface area contributed by atoms with Crippen LogP contribution in [0.1, 0.15) is 0 Å². The van der Waals surface area contributed by atoms with E-state index in [0.29, 0.717) is 0 Å². The number of halogens is 1. The second-order valence-corrected chi connectivity index (χ2v) is 6.54. The van der Waals surface area contributed by atoms with Crippen LogP contribution in [-0.4, -0.2) is 4.98 Å². The molecule has 0 aliphatic carbocycles. The number of aromatic amines is 1. The number of hydrogen-bond acceptors (Lipinski definition) is 0. The number of fused-ring (bicyclic) bond motifs is 4. The van der Waals surface area contributed by atoms with Crippen LogP contribution in [0.2, 0.25) is 5.02 Å². The molecule has 5 rings (SSSR count). The molecule has 0 atom stereocenters. The van der Waals surface area contributed by atoms with Crippen molar-refractivity contribution in [3.8, 4) is 11.1 Å².